The van der Waals surface area contributed by atoms with Gasteiger partial charge in [-0.1, -0.05) is 0 Å². The number of nitrogens with zero attached hydrogens (tertiary/aromatic N) is 5. The molecule has 134 valence electrons. The molecule has 10 heteroatoms. The molecule has 1 aromatic heterocycles. The first-order valence-corrected chi connectivity index (χ1v) is 7.96. The number of hydrogen-bond donors (Lipinski definition) is 2. The molecule has 2 aromatic rings. The molecule has 9 nitrogen and oxygen atoms in total. The molecule has 0 amide bonds. The minimum absolute atomic E-state index is 0.0698. The number of hydrogen-bond acceptors (Lipinski definition) is 8. The molecule has 0 bridgehead atoms. The molecule has 1 atom stereocenters. The van der Waals surface area contributed by atoms with Crippen molar-refractivity contribution in [1.82, 2.24) is 9.97 Å². The highest BCUT2D eigenvalue weighted by Gasteiger charge is 2.23. The molecule has 2 heterocycles. The maximum absolute atomic E-state index is 14.2. The van der Waals surface area contributed by atoms with Crippen LogP contribution in [-0.4, -0.2) is 34.0 Å². The van der Waals surface area contributed by atoms with E-state index in [1.165, 1.54) is 6.07 Å². The van der Waals surface area contributed by atoms with Crippen LogP contribution in [0.4, 0.5) is 27.5 Å². The van der Waals surface area contributed by atoms with Gasteiger partial charge >= 0.3 is 5.69 Å². The Kier molecular flexibility index (Phi) is 4.79. The standard InChI is InChI=1S/C16H16FN7O2/c17-12-6-10(7-18)3-4-13(12)23-5-1-2-11(9-23)21-16-20-8-14(24(25)26)15(19)22-16/h3-4,6,8,11H,1-2,5,9H2,(H3,19,20,21,22). The number of nitrogen functional groups attached to an aromatic ring is 1. The van der Waals surface area contributed by atoms with Crippen molar-refractivity contribution in [2.45, 2.75) is 18.9 Å². The van der Waals surface area contributed by atoms with E-state index in [2.05, 4.69) is 15.3 Å². The van der Waals surface area contributed by atoms with E-state index in [9.17, 15) is 14.5 Å². The van der Waals surface area contributed by atoms with E-state index in [1.807, 2.05) is 11.0 Å². The van der Waals surface area contributed by atoms with Crippen LogP contribution in [0.25, 0.3) is 0 Å². The van der Waals surface area contributed by atoms with Crippen LogP contribution >= 0.6 is 0 Å². The predicted octanol–water partition coefficient (Wildman–Crippen LogP) is 2.06. The summed E-state index contributed by atoms with van der Waals surface area (Å²) in [6, 6.07) is 6.23. The normalized spacial score (nSPS) is 16.8. The van der Waals surface area contributed by atoms with Crippen LogP contribution in [0.5, 0.6) is 0 Å². The molecule has 3 rings (SSSR count). The lowest BCUT2D eigenvalue weighted by Gasteiger charge is -2.35. The number of anilines is 3. The average Bonchev–Trinajstić information content (AvgIpc) is 2.61. The fourth-order valence-electron chi connectivity index (χ4n) is 2.93. The van der Waals surface area contributed by atoms with Crippen LogP contribution in [0.3, 0.4) is 0 Å². The van der Waals surface area contributed by atoms with Crippen LogP contribution < -0.4 is 16.0 Å². The first-order valence-electron chi connectivity index (χ1n) is 7.96. The van der Waals surface area contributed by atoms with E-state index >= 15 is 0 Å². The Morgan fingerprint density at radius 2 is 2.31 bits per heavy atom. The lowest BCUT2D eigenvalue weighted by atomic mass is 10.0. The van der Waals surface area contributed by atoms with Gasteiger partial charge in [0.1, 0.15) is 12.0 Å². The molecule has 0 aliphatic carbocycles. The molecule has 0 saturated carbocycles. The summed E-state index contributed by atoms with van der Waals surface area (Å²) in [5, 5.41) is 22.7. The Morgan fingerprint density at radius 1 is 1.50 bits per heavy atom. The number of benzene rings is 1. The van der Waals surface area contributed by atoms with Crippen molar-refractivity contribution in [3.63, 3.8) is 0 Å². The van der Waals surface area contributed by atoms with E-state index in [0.717, 1.165) is 19.0 Å². The van der Waals surface area contributed by atoms with E-state index in [4.69, 9.17) is 11.0 Å². The number of aromatic nitrogens is 2. The van der Waals surface area contributed by atoms with E-state index in [0.29, 0.717) is 18.8 Å². The molecule has 0 radical (unpaired) electrons. The summed E-state index contributed by atoms with van der Waals surface area (Å²) in [7, 11) is 0. The Bertz CT molecular complexity index is 883. The SMILES string of the molecule is N#Cc1ccc(N2CCCC(Nc3ncc([N+](=O)[O-])c(N)n3)C2)c(F)c1. The molecule has 1 aliphatic heterocycles. The summed E-state index contributed by atoms with van der Waals surface area (Å²) in [5.41, 5.74) is 5.93. The van der Waals surface area contributed by atoms with Crippen molar-refractivity contribution in [1.29, 1.82) is 5.26 Å². The zero-order valence-corrected chi connectivity index (χ0v) is 13.7. The Hall–Kier alpha value is -3.48. The molecule has 1 unspecified atom stereocenters. The fourth-order valence-corrected chi connectivity index (χ4v) is 2.93. The number of nitriles is 1. The lowest BCUT2D eigenvalue weighted by molar-refractivity contribution is -0.384. The Balaban J connectivity index is 1.72. The van der Waals surface area contributed by atoms with Crippen LogP contribution in [0.15, 0.2) is 24.4 Å². The third-order valence-corrected chi connectivity index (χ3v) is 4.17. The highest BCUT2D eigenvalue weighted by molar-refractivity contribution is 5.54. The van der Waals surface area contributed by atoms with E-state index in [-0.39, 0.29) is 29.1 Å². The van der Waals surface area contributed by atoms with Crippen molar-refractivity contribution >= 4 is 23.1 Å². The first kappa shape index (κ1) is 17.3. The predicted molar refractivity (Wildman–Crippen MR) is 93.1 cm³/mol. The molecular formula is C16H16FN7O2. The van der Waals surface area contributed by atoms with Gasteiger partial charge in [-0.3, -0.25) is 10.1 Å². The lowest BCUT2D eigenvalue weighted by Crippen LogP contribution is -2.42. The summed E-state index contributed by atoms with van der Waals surface area (Å²) < 4.78 is 14.2. The van der Waals surface area contributed by atoms with Crippen LogP contribution in [-0.2, 0) is 0 Å². The van der Waals surface area contributed by atoms with Gasteiger partial charge in [0, 0.05) is 19.1 Å². The number of nitrogens with one attached hydrogen (secondary N) is 1. The van der Waals surface area contributed by atoms with Crippen molar-refractivity contribution < 1.29 is 9.31 Å². The largest absolute Gasteiger partial charge is 0.378 e. The van der Waals surface area contributed by atoms with Gasteiger partial charge in [0.25, 0.3) is 0 Å². The second-order valence-electron chi connectivity index (χ2n) is 5.93. The minimum Gasteiger partial charge on any atom is -0.378 e. The van der Waals surface area contributed by atoms with Crippen LogP contribution in [0, 0.1) is 27.3 Å². The summed E-state index contributed by atoms with van der Waals surface area (Å²) in [6.45, 7) is 1.19. The summed E-state index contributed by atoms with van der Waals surface area (Å²) >= 11 is 0. The molecule has 1 aliphatic rings. The maximum Gasteiger partial charge on any atom is 0.329 e. The first-order chi connectivity index (χ1) is 12.5. The Labute approximate surface area is 148 Å². The second-order valence-corrected chi connectivity index (χ2v) is 5.93. The average molecular weight is 357 g/mol. The zero-order chi connectivity index (χ0) is 18.7. The number of nitro groups is 1. The zero-order valence-electron chi connectivity index (χ0n) is 13.7. The van der Waals surface area contributed by atoms with Gasteiger partial charge in [0.05, 0.1) is 22.2 Å². The van der Waals surface area contributed by atoms with Gasteiger partial charge in [-0.25, -0.2) is 9.37 Å². The van der Waals surface area contributed by atoms with Gasteiger partial charge in [0.15, 0.2) is 0 Å². The maximum atomic E-state index is 14.2. The number of rotatable bonds is 4. The van der Waals surface area contributed by atoms with Gasteiger partial charge in [-0.05, 0) is 31.0 Å². The van der Waals surface area contributed by atoms with Gasteiger partial charge in [-0.2, -0.15) is 10.2 Å². The molecule has 1 fully saturated rings. The van der Waals surface area contributed by atoms with Gasteiger partial charge in [0.2, 0.25) is 11.8 Å². The smallest absolute Gasteiger partial charge is 0.329 e. The molecule has 3 N–H and O–H groups in total. The van der Waals surface area contributed by atoms with Crippen LogP contribution in [0.2, 0.25) is 0 Å². The summed E-state index contributed by atoms with van der Waals surface area (Å²) in [5.74, 6) is -0.459. The third kappa shape index (κ3) is 3.61. The molecule has 1 aromatic carbocycles. The minimum atomic E-state index is -0.644. The summed E-state index contributed by atoms with van der Waals surface area (Å²) in [6.07, 6.45) is 2.69. The fraction of sp³-hybridized carbons (Fsp3) is 0.312. The monoisotopic (exact) mass is 357 g/mol. The molecule has 1 saturated heterocycles. The third-order valence-electron chi connectivity index (χ3n) is 4.17. The topological polar surface area (TPSA) is 134 Å². The van der Waals surface area contributed by atoms with Crippen LogP contribution in [0.1, 0.15) is 18.4 Å². The van der Waals surface area contributed by atoms with Crippen molar-refractivity contribution in [3.8, 4) is 6.07 Å². The summed E-state index contributed by atoms with van der Waals surface area (Å²) in [4.78, 5) is 19.8. The number of halogens is 1. The number of nitrogens with two attached hydrogens (primary N) is 1. The Morgan fingerprint density at radius 3 is 2.96 bits per heavy atom. The number of piperidine rings is 1. The van der Waals surface area contributed by atoms with Crippen molar-refractivity contribution in [2.24, 2.45) is 0 Å². The van der Waals surface area contributed by atoms with Crippen molar-refractivity contribution in [3.05, 3.63) is 45.9 Å². The second kappa shape index (κ2) is 7.18. The quantitative estimate of drug-likeness (QED) is 0.627. The molecule has 26 heavy (non-hydrogen) atoms. The van der Waals surface area contributed by atoms with Crippen molar-refractivity contribution in [2.75, 3.05) is 29.0 Å². The van der Waals surface area contributed by atoms with E-state index < -0.39 is 10.7 Å². The molecular weight excluding hydrogens is 341 g/mol. The highest BCUT2D eigenvalue weighted by Crippen LogP contribution is 2.25. The van der Waals surface area contributed by atoms with Gasteiger partial charge in [-0.15, -0.1) is 0 Å². The van der Waals surface area contributed by atoms with Gasteiger partial charge < -0.3 is 16.0 Å². The van der Waals surface area contributed by atoms with E-state index in [1.54, 1.807) is 12.1 Å². The molecule has 0 spiro atoms. The highest BCUT2D eigenvalue weighted by atomic mass is 19.1.